The van der Waals surface area contributed by atoms with Crippen LogP contribution in [0, 0.1) is 0 Å². The van der Waals surface area contributed by atoms with Crippen LogP contribution in [0.5, 0.6) is 5.75 Å². The van der Waals surface area contributed by atoms with Crippen molar-refractivity contribution < 1.29 is 19.4 Å². The summed E-state index contributed by atoms with van der Waals surface area (Å²) in [7, 11) is 1.58. The number of hydrogen-bond donors (Lipinski definition) is 2. The van der Waals surface area contributed by atoms with E-state index in [9.17, 15) is 14.7 Å². The van der Waals surface area contributed by atoms with Gasteiger partial charge >= 0.3 is 5.97 Å². The van der Waals surface area contributed by atoms with E-state index in [1.165, 1.54) is 83.1 Å². The number of aliphatic carboxylic acids is 1. The predicted octanol–water partition coefficient (Wildman–Crippen LogP) is 7.50. The molecule has 0 aliphatic heterocycles. The van der Waals surface area contributed by atoms with Crippen LogP contribution in [0.3, 0.4) is 0 Å². The van der Waals surface area contributed by atoms with Crippen LogP contribution in [0.25, 0.3) is 6.08 Å². The van der Waals surface area contributed by atoms with Crippen molar-refractivity contribution in [2.75, 3.05) is 7.11 Å². The highest BCUT2D eigenvalue weighted by Crippen LogP contribution is 2.15. The van der Waals surface area contributed by atoms with Crippen LogP contribution in [0.2, 0.25) is 0 Å². The van der Waals surface area contributed by atoms with Crippen molar-refractivity contribution in [3.05, 3.63) is 35.5 Å². The Balaban J connectivity index is 2.07. The van der Waals surface area contributed by atoms with E-state index in [1.807, 2.05) is 0 Å². The summed E-state index contributed by atoms with van der Waals surface area (Å²) in [4.78, 5) is 23.6. The Kier molecular flexibility index (Phi) is 16.7. The molecule has 0 aliphatic rings. The fourth-order valence-corrected chi connectivity index (χ4v) is 3.89. The van der Waals surface area contributed by atoms with Gasteiger partial charge in [0.05, 0.1) is 7.11 Å². The SMILES string of the molecule is CCCCCCCCCCCCCCCCCC(=O)N/C(=C\c1ccc(OC)cc1)C(=O)O. The summed E-state index contributed by atoms with van der Waals surface area (Å²) < 4.78 is 5.10. The molecule has 5 heteroatoms. The standard InChI is InChI=1S/C28H45NO4/c1-3-4-5-6-7-8-9-10-11-12-13-14-15-16-17-18-27(30)29-26(28(31)32)23-24-19-21-25(33-2)22-20-24/h19-23H,3-18H2,1-2H3,(H,29,30)(H,31,32)/b26-23-. The minimum atomic E-state index is -1.14. The molecule has 0 unspecified atom stereocenters. The third-order valence-electron chi connectivity index (χ3n) is 5.94. The van der Waals surface area contributed by atoms with E-state index in [0.717, 1.165) is 19.3 Å². The molecule has 186 valence electrons. The summed E-state index contributed by atoms with van der Waals surface area (Å²) in [6.07, 6.45) is 21.0. The smallest absolute Gasteiger partial charge is 0.352 e. The molecule has 0 radical (unpaired) electrons. The Labute approximate surface area is 201 Å². The van der Waals surface area contributed by atoms with Gasteiger partial charge in [-0.25, -0.2) is 4.79 Å². The van der Waals surface area contributed by atoms with Gasteiger partial charge in [0.1, 0.15) is 11.4 Å². The second-order valence-electron chi connectivity index (χ2n) is 8.88. The summed E-state index contributed by atoms with van der Waals surface area (Å²) in [6, 6.07) is 7.01. The zero-order valence-electron chi connectivity index (χ0n) is 20.9. The highest BCUT2D eigenvalue weighted by Gasteiger charge is 2.11. The zero-order chi connectivity index (χ0) is 24.2. The number of ether oxygens (including phenoxy) is 1. The van der Waals surface area contributed by atoms with E-state index in [0.29, 0.717) is 17.7 Å². The first kappa shape index (κ1) is 28.7. The lowest BCUT2D eigenvalue weighted by Crippen LogP contribution is -2.26. The Bertz CT molecular complexity index is 682. The monoisotopic (exact) mass is 459 g/mol. The first-order chi connectivity index (χ1) is 16.1. The number of rotatable bonds is 20. The number of carboxylic acid groups (broad SMARTS) is 1. The first-order valence-electron chi connectivity index (χ1n) is 13.0. The van der Waals surface area contributed by atoms with Crippen LogP contribution in [0.1, 0.15) is 115 Å². The van der Waals surface area contributed by atoms with E-state index in [2.05, 4.69) is 12.2 Å². The van der Waals surface area contributed by atoms with Gasteiger partial charge in [0, 0.05) is 6.42 Å². The number of unbranched alkanes of at least 4 members (excludes halogenated alkanes) is 14. The van der Waals surface area contributed by atoms with Gasteiger partial charge in [-0.2, -0.15) is 0 Å². The van der Waals surface area contributed by atoms with Gasteiger partial charge in [0.2, 0.25) is 5.91 Å². The molecule has 0 aromatic heterocycles. The highest BCUT2D eigenvalue weighted by molar-refractivity contribution is 5.96. The maximum Gasteiger partial charge on any atom is 0.352 e. The van der Waals surface area contributed by atoms with Crippen molar-refractivity contribution >= 4 is 18.0 Å². The average Bonchev–Trinajstić information content (AvgIpc) is 2.81. The molecule has 33 heavy (non-hydrogen) atoms. The molecular formula is C28H45NO4. The quantitative estimate of drug-likeness (QED) is 0.156. The Morgan fingerprint density at radius 3 is 1.67 bits per heavy atom. The van der Waals surface area contributed by atoms with Crippen molar-refractivity contribution in [3.63, 3.8) is 0 Å². The molecule has 0 bridgehead atoms. The minimum Gasteiger partial charge on any atom is -0.497 e. The molecule has 0 aliphatic carbocycles. The van der Waals surface area contributed by atoms with Crippen LogP contribution in [-0.2, 0) is 9.59 Å². The summed E-state index contributed by atoms with van der Waals surface area (Å²) in [6.45, 7) is 2.26. The van der Waals surface area contributed by atoms with Crippen molar-refractivity contribution in [3.8, 4) is 5.75 Å². The molecule has 0 saturated heterocycles. The number of carbonyl (C=O) groups is 2. The fourth-order valence-electron chi connectivity index (χ4n) is 3.89. The molecule has 1 rings (SSSR count). The molecule has 1 amide bonds. The van der Waals surface area contributed by atoms with E-state index in [-0.39, 0.29) is 11.6 Å². The van der Waals surface area contributed by atoms with Crippen molar-refractivity contribution in [1.82, 2.24) is 5.32 Å². The van der Waals surface area contributed by atoms with Gasteiger partial charge in [-0.1, -0.05) is 109 Å². The molecule has 0 spiro atoms. The number of carboxylic acids is 1. The third kappa shape index (κ3) is 15.2. The molecule has 2 N–H and O–H groups in total. The molecule has 5 nitrogen and oxygen atoms in total. The van der Waals surface area contributed by atoms with Gasteiger partial charge in [-0.3, -0.25) is 4.79 Å². The molecule has 1 aromatic carbocycles. The second kappa shape index (κ2) is 19.2. The van der Waals surface area contributed by atoms with Crippen LogP contribution >= 0.6 is 0 Å². The number of hydrogen-bond acceptors (Lipinski definition) is 3. The molecular weight excluding hydrogens is 414 g/mol. The maximum atomic E-state index is 12.1. The molecule has 0 fully saturated rings. The minimum absolute atomic E-state index is 0.105. The van der Waals surface area contributed by atoms with E-state index in [4.69, 9.17) is 4.74 Å². The van der Waals surface area contributed by atoms with Crippen LogP contribution in [0.4, 0.5) is 0 Å². The van der Waals surface area contributed by atoms with Gasteiger partial charge in [-0.15, -0.1) is 0 Å². The van der Waals surface area contributed by atoms with E-state index in [1.54, 1.807) is 31.4 Å². The largest absolute Gasteiger partial charge is 0.497 e. The highest BCUT2D eigenvalue weighted by atomic mass is 16.5. The lowest BCUT2D eigenvalue weighted by atomic mass is 10.0. The van der Waals surface area contributed by atoms with Crippen molar-refractivity contribution in [2.45, 2.75) is 110 Å². The second-order valence-corrected chi connectivity index (χ2v) is 8.88. The van der Waals surface area contributed by atoms with Crippen LogP contribution in [-0.4, -0.2) is 24.1 Å². The Hall–Kier alpha value is -2.30. The Morgan fingerprint density at radius 2 is 1.24 bits per heavy atom. The van der Waals surface area contributed by atoms with Gasteiger partial charge < -0.3 is 15.2 Å². The van der Waals surface area contributed by atoms with Gasteiger partial charge in [-0.05, 0) is 30.2 Å². The maximum absolute atomic E-state index is 12.1. The average molecular weight is 460 g/mol. The van der Waals surface area contributed by atoms with Gasteiger partial charge in [0.15, 0.2) is 0 Å². The molecule has 1 aromatic rings. The topological polar surface area (TPSA) is 75.6 Å². The summed E-state index contributed by atoms with van der Waals surface area (Å²) >= 11 is 0. The number of nitrogens with one attached hydrogen (secondary N) is 1. The normalized spacial score (nSPS) is 11.4. The molecule has 0 heterocycles. The van der Waals surface area contributed by atoms with Crippen LogP contribution < -0.4 is 10.1 Å². The first-order valence-corrected chi connectivity index (χ1v) is 13.0. The molecule has 0 saturated carbocycles. The molecule has 0 atom stereocenters. The van der Waals surface area contributed by atoms with E-state index < -0.39 is 5.97 Å². The van der Waals surface area contributed by atoms with Crippen molar-refractivity contribution in [2.24, 2.45) is 0 Å². The summed E-state index contributed by atoms with van der Waals surface area (Å²) in [5.74, 6) is -0.691. The van der Waals surface area contributed by atoms with E-state index >= 15 is 0 Å². The van der Waals surface area contributed by atoms with Crippen LogP contribution in [0.15, 0.2) is 30.0 Å². The zero-order valence-corrected chi connectivity index (χ0v) is 20.9. The van der Waals surface area contributed by atoms with Crippen molar-refractivity contribution in [1.29, 1.82) is 0 Å². The number of benzene rings is 1. The predicted molar refractivity (Wildman–Crippen MR) is 136 cm³/mol. The fraction of sp³-hybridized carbons (Fsp3) is 0.643. The lowest BCUT2D eigenvalue weighted by Gasteiger charge is -2.07. The summed E-state index contributed by atoms with van der Waals surface area (Å²) in [5.41, 5.74) is 0.589. The number of carbonyl (C=O) groups excluding carboxylic acids is 1. The number of methoxy groups -OCH3 is 1. The lowest BCUT2D eigenvalue weighted by molar-refractivity contribution is -0.134. The number of amides is 1. The Morgan fingerprint density at radius 1 is 0.788 bits per heavy atom. The van der Waals surface area contributed by atoms with Gasteiger partial charge in [0.25, 0.3) is 0 Å². The third-order valence-corrected chi connectivity index (χ3v) is 5.94. The summed E-state index contributed by atoms with van der Waals surface area (Å²) in [5, 5.41) is 11.9.